The third kappa shape index (κ3) is 3.37. The molecule has 1 aliphatic rings. The van der Waals surface area contributed by atoms with E-state index in [-0.39, 0.29) is 24.3 Å². The lowest BCUT2D eigenvalue weighted by atomic mass is 10.1. The second-order valence-corrected chi connectivity index (χ2v) is 6.41. The van der Waals surface area contributed by atoms with E-state index in [1.165, 1.54) is 6.07 Å². The summed E-state index contributed by atoms with van der Waals surface area (Å²) in [6, 6.07) is 6.45. The van der Waals surface area contributed by atoms with Crippen LogP contribution >= 0.6 is 0 Å². The molecule has 6 nitrogen and oxygen atoms in total. The maximum Gasteiger partial charge on any atom is 0.243 e. The second kappa shape index (κ2) is 7.11. The third-order valence-corrected chi connectivity index (χ3v) is 4.63. The first-order valence-electron chi connectivity index (χ1n) is 8.64. The number of nitrogens with zero attached hydrogens (tertiary/aromatic N) is 4. The Labute approximate surface area is 150 Å². The molecule has 0 saturated carbocycles. The Morgan fingerprint density at radius 2 is 2.23 bits per heavy atom. The zero-order chi connectivity index (χ0) is 17.9. The van der Waals surface area contributed by atoms with Crippen LogP contribution in [-0.2, 0) is 17.8 Å². The highest BCUT2D eigenvalue weighted by molar-refractivity contribution is 5.76. The van der Waals surface area contributed by atoms with Gasteiger partial charge < -0.3 is 13.9 Å². The fourth-order valence-corrected chi connectivity index (χ4v) is 3.34. The van der Waals surface area contributed by atoms with Crippen LogP contribution in [0.1, 0.15) is 36.1 Å². The summed E-state index contributed by atoms with van der Waals surface area (Å²) in [4.78, 5) is 22.7. The predicted octanol–water partition coefficient (Wildman–Crippen LogP) is 2.96. The molecule has 1 atom stereocenters. The summed E-state index contributed by atoms with van der Waals surface area (Å²) in [5, 5.41) is 0. The Morgan fingerprint density at radius 1 is 1.35 bits per heavy atom. The normalized spacial score (nSPS) is 17.0. The molecule has 4 rings (SSSR count). The zero-order valence-corrected chi connectivity index (χ0v) is 14.2. The van der Waals surface area contributed by atoms with Gasteiger partial charge in [0.25, 0.3) is 0 Å². The first-order chi connectivity index (χ1) is 12.7. The summed E-state index contributed by atoms with van der Waals surface area (Å²) in [6.45, 7) is 0.933. The van der Waals surface area contributed by atoms with Crippen molar-refractivity contribution in [2.75, 3.05) is 6.54 Å². The first kappa shape index (κ1) is 16.5. The van der Waals surface area contributed by atoms with Gasteiger partial charge in [-0.3, -0.25) is 4.79 Å². The third-order valence-electron chi connectivity index (χ3n) is 4.63. The highest BCUT2D eigenvalue weighted by Crippen LogP contribution is 2.32. The molecule has 1 amide bonds. The number of hydrogen-bond acceptors (Lipinski definition) is 4. The van der Waals surface area contributed by atoms with E-state index in [1.807, 2.05) is 0 Å². The number of hydrogen-bond donors (Lipinski definition) is 0. The molecular weight excluding hydrogens is 335 g/mol. The number of rotatable bonds is 5. The molecule has 0 unspecified atom stereocenters. The predicted molar refractivity (Wildman–Crippen MR) is 91.6 cm³/mol. The van der Waals surface area contributed by atoms with Crippen molar-refractivity contribution in [3.8, 4) is 0 Å². The van der Waals surface area contributed by atoms with E-state index >= 15 is 0 Å². The topological polar surface area (TPSA) is 64.2 Å². The minimum Gasteiger partial charge on any atom is -0.443 e. The second-order valence-electron chi connectivity index (χ2n) is 6.41. The van der Waals surface area contributed by atoms with Gasteiger partial charge in [0.1, 0.15) is 24.2 Å². The van der Waals surface area contributed by atoms with Crippen molar-refractivity contribution in [1.29, 1.82) is 0 Å². The summed E-state index contributed by atoms with van der Waals surface area (Å²) >= 11 is 0. The van der Waals surface area contributed by atoms with Gasteiger partial charge in [-0.25, -0.2) is 14.4 Å². The van der Waals surface area contributed by atoms with E-state index in [0.29, 0.717) is 30.2 Å². The van der Waals surface area contributed by atoms with Crippen LogP contribution in [0, 0.1) is 5.82 Å². The summed E-state index contributed by atoms with van der Waals surface area (Å²) in [7, 11) is 0. The largest absolute Gasteiger partial charge is 0.443 e. The van der Waals surface area contributed by atoms with Crippen LogP contribution in [0.3, 0.4) is 0 Å². The van der Waals surface area contributed by atoms with Gasteiger partial charge in [-0.2, -0.15) is 0 Å². The van der Waals surface area contributed by atoms with Crippen molar-refractivity contribution in [1.82, 2.24) is 19.4 Å². The quantitative estimate of drug-likeness (QED) is 0.707. The maximum absolute atomic E-state index is 13.8. The summed E-state index contributed by atoms with van der Waals surface area (Å²) in [6.07, 6.45) is 8.73. The van der Waals surface area contributed by atoms with Gasteiger partial charge in [-0.05, 0) is 24.5 Å². The van der Waals surface area contributed by atoms with Crippen molar-refractivity contribution < 1.29 is 13.6 Å². The van der Waals surface area contributed by atoms with Gasteiger partial charge in [0.05, 0.1) is 12.5 Å². The number of oxazole rings is 1. The van der Waals surface area contributed by atoms with Gasteiger partial charge in [-0.1, -0.05) is 18.2 Å². The molecule has 0 aliphatic carbocycles. The van der Waals surface area contributed by atoms with Crippen LogP contribution in [0.25, 0.3) is 0 Å². The van der Waals surface area contributed by atoms with Crippen molar-refractivity contribution in [2.45, 2.75) is 31.8 Å². The number of imidazole rings is 1. The van der Waals surface area contributed by atoms with E-state index in [0.717, 1.165) is 12.8 Å². The molecule has 3 heterocycles. The van der Waals surface area contributed by atoms with Crippen molar-refractivity contribution in [2.24, 2.45) is 0 Å². The highest BCUT2D eigenvalue weighted by Gasteiger charge is 2.33. The Morgan fingerprint density at radius 3 is 3.04 bits per heavy atom. The molecule has 0 spiro atoms. The number of aromatic nitrogens is 3. The van der Waals surface area contributed by atoms with Crippen LogP contribution < -0.4 is 0 Å². The van der Waals surface area contributed by atoms with Gasteiger partial charge >= 0.3 is 0 Å². The Balaban J connectivity index is 1.47. The van der Waals surface area contributed by atoms with E-state index in [2.05, 4.69) is 9.97 Å². The average molecular weight is 354 g/mol. The molecule has 3 aromatic rings. The molecule has 1 aromatic carbocycles. The molecule has 26 heavy (non-hydrogen) atoms. The smallest absolute Gasteiger partial charge is 0.243 e. The molecule has 2 aromatic heterocycles. The number of benzene rings is 1. The Hall–Kier alpha value is -2.96. The molecule has 7 heteroatoms. The first-order valence-corrected chi connectivity index (χ1v) is 8.64. The number of halogens is 1. The van der Waals surface area contributed by atoms with Gasteiger partial charge in [0.2, 0.25) is 11.8 Å². The van der Waals surface area contributed by atoms with Crippen LogP contribution in [0.15, 0.2) is 53.6 Å². The molecule has 0 N–H and O–H groups in total. The average Bonchev–Trinajstić information content (AvgIpc) is 3.37. The Bertz CT molecular complexity index is 891. The van der Waals surface area contributed by atoms with Gasteiger partial charge in [0.15, 0.2) is 0 Å². The minimum atomic E-state index is -0.261. The fraction of sp³-hybridized carbons (Fsp3) is 0.316. The van der Waals surface area contributed by atoms with E-state index < -0.39 is 0 Å². The fourth-order valence-electron chi connectivity index (χ4n) is 3.34. The van der Waals surface area contributed by atoms with Gasteiger partial charge in [0, 0.05) is 25.4 Å². The van der Waals surface area contributed by atoms with E-state index in [1.54, 1.807) is 52.6 Å². The van der Waals surface area contributed by atoms with Crippen molar-refractivity contribution in [3.05, 3.63) is 72.2 Å². The van der Waals surface area contributed by atoms with Crippen LogP contribution in [0.4, 0.5) is 4.39 Å². The van der Waals surface area contributed by atoms with Crippen LogP contribution in [-0.4, -0.2) is 31.9 Å². The molecule has 1 aliphatic heterocycles. The minimum absolute atomic E-state index is 0.0133. The lowest BCUT2D eigenvalue weighted by Crippen LogP contribution is -2.33. The van der Waals surface area contributed by atoms with E-state index in [4.69, 9.17) is 4.42 Å². The molecule has 1 fully saturated rings. The Kier molecular flexibility index (Phi) is 4.51. The molecular formula is C19H19FN4O2. The standard InChI is InChI=1S/C19H19FN4O2/c20-16-5-2-1-4-14(16)10-15-11-22-19(26-15)17-6-3-8-24(17)18(25)12-23-9-7-21-13-23/h1-2,4-5,7,9,11,13,17H,3,6,8,10,12H2/t17-/m1/s1. The molecule has 0 bridgehead atoms. The number of carbonyl (C=O) groups excluding carboxylic acids is 1. The molecule has 1 saturated heterocycles. The molecule has 134 valence electrons. The van der Waals surface area contributed by atoms with Gasteiger partial charge in [-0.15, -0.1) is 0 Å². The number of likely N-dealkylation sites (tertiary alicyclic amines) is 1. The SMILES string of the molecule is O=C(Cn1ccnc1)N1CCC[C@@H]1c1ncc(Cc2ccccc2F)o1. The zero-order valence-electron chi connectivity index (χ0n) is 14.2. The lowest BCUT2D eigenvalue weighted by molar-refractivity contribution is -0.133. The molecule has 0 radical (unpaired) electrons. The maximum atomic E-state index is 13.8. The monoisotopic (exact) mass is 354 g/mol. The highest BCUT2D eigenvalue weighted by atomic mass is 19.1. The summed E-state index contributed by atoms with van der Waals surface area (Å²) in [5.41, 5.74) is 0.565. The number of carbonyl (C=O) groups is 1. The van der Waals surface area contributed by atoms with Crippen LogP contribution in [0.5, 0.6) is 0 Å². The van der Waals surface area contributed by atoms with Crippen molar-refractivity contribution >= 4 is 5.91 Å². The summed E-state index contributed by atoms with van der Waals surface area (Å²) < 4.78 is 21.4. The van der Waals surface area contributed by atoms with E-state index in [9.17, 15) is 9.18 Å². The van der Waals surface area contributed by atoms with Crippen molar-refractivity contribution in [3.63, 3.8) is 0 Å². The van der Waals surface area contributed by atoms with Crippen LogP contribution in [0.2, 0.25) is 0 Å². The number of amides is 1. The summed E-state index contributed by atoms with van der Waals surface area (Å²) in [5.74, 6) is 0.870. The lowest BCUT2D eigenvalue weighted by Gasteiger charge is -2.22.